The SMILES string of the molecule is O=C(COc1ccc(Br)cc1Cl)Nc1cccc(OCCCc2ccccc2)c1. The lowest BCUT2D eigenvalue weighted by Crippen LogP contribution is -2.20. The fourth-order valence-electron chi connectivity index (χ4n) is 2.71. The number of rotatable bonds is 9. The van der Waals surface area contributed by atoms with Crippen LogP contribution in [0, 0.1) is 0 Å². The lowest BCUT2D eigenvalue weighted by atomic mass is 10.1. The summed E-state index contributed by atoms with van der Waals surface area (Å²) in [5.74, 6) is 0.901. The van der Waals surface area contributed by atoms with Crippen molar-refractivity contribution in [2.75, 3.05) is 18.5 Å². The fraction of sp³-hybridized carbons (Fsp3) is 0.174. The Morgan fingerprint density at radius 1 is 0.966 bits per heavy atom. The molecule has 0 unspecified atom stereocenters. The van der Waals surface area contributed by atoms with Crippen LogP contribution in [0.3, 0.4) is 0 Å². The van der Waals surface area contributed by atoms with E-state index in [-0.39, 0.29) is 12.5 Å². The smallest absolute Gasteiger partial charge is 0.262 e. The van der Waals surface area contributed by atoms with Crippen molar-refractivity contribution in [3.05, 3.63) is 87.9 Å². The Bertz CT molecular complexity index is 950. The summed E-state index contributed by atoms with van der Waals surface area (Å²) in [6, 6.07) is 22.9. The van der Waals surface area contributed by atoms with Gasteiger partial charge < -0.3 is 14.8 Å². The van der Waals surface area contributed by atoms with Gasteiger partial charge in [-0.05, 0) is 48.7 Å². The highest BCUT2D eigenvalue weighted by atomic mass is 79.9. The molecular weight excluding hydrogens is 454 g/mol. The molecule has 0 aliphatic rings. The Hall–Kier alpha value is -2.50. The van der Waals surface area contributed by atoms with E-state index in [0.29, 0.717) is 28.8 Å². The number of carbonyl (C=O) groups excluding carboxylic acids is 1. The number of halogens is 2. The van der Waals surface area contributed by atoms with Gasteiger partial charge in [0, 0.05) is 16.2 Å². The predicted octanol–water partition coefficient (Wildman–Crippen LogP) is 6.13. The average Bonchev–Trinajstić information content (AvgIpc) is 2.72. The van der Waals surface area contributed by atoms with E-state index in [0.717, 1.165) is 17.3 Å². The van der Waals surface area contributed by atoms with Crippen LogP contribution < -0.4 is 14.8 Å². The average molecular weight is 475 g/mol. The molecule has 150 valence electrons. The van der Waals surface area contributed by atoms with Crippen LogP contribution in [0.2, 0.25) is 5.02 Å². The predicted molar refractivity (Wildman–Crippen MR) is 120 cm³/mol. The molecule has 29 heavy (non-hydrogen) atoms. The second-order valence-electron chi connectivity index (χ2n) is 6.38. The van der Waals surface area contributed by atoms with E-state index >= 15 is 0 Å². The van der Waals surface area contributed by atoms with Crippen molar-refractivity contribution in [2.45, 2.75) is 12.8 Å². The molecule has 0 aliphatic heterocycles. The first-order valence-corrected chi connectivity index (χ1v) is 10.4. The van der Waals surface area contributed by atoms with Crippen molar-refractivity contribution in [1.29, 1.82) is 0 Å². The number of carbonyl (C=O) groups is 1. The highest BCUT2D eigenvalue weighted by Gasteiger charge is 2.07. The van der Waals surface area contributed by atoms with Gasteiger partial charge in [-0.3, -0.25) is 4.79 Å². The van der Waals surface area contributed by atoms with E-state index in [9.17, 15) is 4.79 Å². The Balaban J connectivity index is 1.44. The van der Waals surface area contributed by atoms with Crippen LogP contribution in [0.1, 0.15) is 12.0 Å². The summed E-state index contributed by atoms with van der Waals surface area (Å²) >= 11 is 9.42. The van der Waals surface area contributed by atoms with Crippen LogP contribution in [0.15, 0.2) is 77.3 Å². The standard InChI is InChI=1S/C23H21BrClNO3/c24-18-11-12-22(21(25)14-18)29-16-23(27)26-19-9-4-10-20(15-19)28-13-5-8-17-6-2-1-3-7-17/h1-4,6-7,9-12,14-15H,5,8,13,16H2,(H,26,27). The number of nitrogens with one attached hydrogen (secondary N) is 1. The number of ether oxygens (including phenoxy) is 2. The normalized spacial score (nSPS) is 10.4. The maximum atomic E-state index is 12.2. The molecule has 0 saturated carbocycles. The minimum Gasteiger partial charge on any atom is -0.494 e. The fourth-order valence-corrected chi connectivity index (χ4v) is 3.44. The molecular formula is C23H21BrClNO3. The van der Waals surface area contributed by atoms with Gasteiger partial charge >= 0.3 is 0 Å². The Morgan fingerprint density at radius 3 is 2.59 bits per heavy atom. The quantitative estimate of drug-likeness (QED) is 0.379. The monoisotopic (exact) mass is 473 g/mol. The van der Waals surface area contributed by atoms with Crippen LogP contribution in [-0.2, 0) is 11.2 Å². The summed E-state index contributed by atoms with van der Waals surface area (Å²) in [5.41, 5.74) is 1.95. The van der Waals surface area contributed by atoms with Gasteiger partial charge in [0.25, 0.3) is 5.91 Å². The number of amides is 1. The van der Waals surface area contributed by atoms with Crippen molar-refractivity contribution in [3.8, 4) is 11.5 Å². The van der Waals surface area contributed by atoms with Crippen LogP contribution >= 0.6 is 27.5 Å². The molecule has 1 amide bonds. The molecule has 0 heterocycles. The first kappa shape index (κ1) is 21.2. The number of anilines is 1. The molecule has 3 aromatic carbocycles. The highest BCUT2D eigenvalue weighted by Crippen LogP contribution is 2.27. The molecule has 0 saturated heterocycles. The van der Waals surface area contributed by atoms with Crippen molar-refractivity contribution in [2.24, 2.45) is 0 Å². The summed E-state index contributed by atoms with van der Waals surface area (Å²) in [4.78, 5) is 12.2. The summed E-state index contributed by atoms with van der Waals surface area (Å²) < 4.78 is 12.1. The maximum absolute atomic E-state index is 12.2. The maximum Gasteiger partial charge on any atom is 0.262 e. The molecule has 0 radical (unpaired) electrons. The van der Waals surface area contributed by atoms with Crippen molar-refractivity contribution in [3.63, 3.8) is 0 Å². The van der Waals surface area contributed by atoms with E-state index in [2.05, 4.69) is 33.4 Å². The molecule has 0 aliphatic carbocycles. The van der Waals surface area contributed by atoms with Crippen LogP contribution in [-0.4, -0.2) is 19.1 Å². The summed E-state index contributed by atoms with van der Waals surface area (Å²) in [5, 5.41) is 3.25. The molecule has 0 spiro atoms. The highest BCUT2D eigenvalue weighted by molar-refractivity contribution is 9.10. The summed E-state index contributed by atoms with van der Waals surface area (Å²) in [7, 11) is 0. The topological polar surface area (TPSA) is 47.6 Å². The number of aryl methyl sites for hydroxylation is 1. The van der Waals surface area contributed by atoms with Gasteiger partial charge in [-0.2, -0.15) is 0 Å². The Morgan fingerprint density at radius 2 is 1.79 bits per heavy atom. The molecule has 6 heteroatoms. The number of hydrogen-bond donors (Lipinski definition) is 1. The van der Waals surface area contributed by atoms with E-state index in [4.69, 9.17) is 21.1 Å². The van der Waals surface area contributed by atoms with Crippen LogP contribution in [0.5, 0.6) is 11.5 Å². The van der Waals surface area contributed by atoms with Gasteiger partial charge in [-0.15, -0.1) is 0 Å². The Kier molecular flexibility index (Phi) is 7.96. The summed E-state index contributed by atoms with van der Waals surface area (Å²) in [6.07, 6.45) is 1.88. The second kappa shape index (κ2) is 10.9. The van der Waals surface area contributed by atoms with Gasteiger partial charge in [0.2, 0.25) is 0 Å². The molecule has 0 aromatic heterocycles. The van der Waals surface area contributed by atoms with Crippen molar-refractivity contribution < 1.29 is 14.3 Å². The number of benzene rings is 3. The zero-order valence-electron chi connectivity index (χ0n) is 15.7. The van der Waals surface area contributed by atoms with Gasteiger partial charge in [-0.25, -0.2) is 0 Å². The molecule has 1 N–H and O–H groups in total. The molecule has 4 nitrogen and oxygen atoms in total. The Labute approximate surface area is 183 Å². The first-order chi connectivity index (χ1) is 14.1. The molecule has 3 rings (SSSR count). The van der Waals surface area contributed by atoms with Crippen LogP contribution in [0.25, 0.3) is 0 Å². The third kappa shape index (κ3) is 7.11. The largest absolute Gasteiger partial charge is 0.494 e. The van der Waals surface area contributed by atoms with E-state index in [1.807, 2.05) is 30.3 Å². The molecule has 3 aromatic rings. The van der Waals surface area contributed by atoms with E-state index < -0.39 is 0 Å². The third-order valence-electron chi connectivity index (χ3n) is 4.09. The van der Waals surface area contributed by atoms with Crippen molar-refractivity contribution >= 4 is 39.1 Å². The minimum absolute atomic E-state index is 0.135. The second-order valence-corrected chi connectivity index (χ2v) is 7.70. The zero-order valence-corrected chi connectivity index (χ0v) is 18.1. The first-order valence-electron chi connectivity index (χ1n) is 9.24. The van der Waals surface area contributed by atoms with Gasteiger partial charge in [-0.1, -0.05) is 63.9 Å². The van der Waals surface area contributed by atoms with Crippen molar-refractivity contribution in [1.82, 2.24) is 0 Å². The summed E-state index contributed by atoms with van der Waals surface area (Å²) in [6.45, 7) is 0.473. The van der Waals surface area contributed by atoms with Gasteiger partial charge in [0.05, 0.1) is 11.6 Å². The molecule has 0 fully saturated rings. The van der Waals surface area contributed by atoms with E-state index in [1.165, 1.54) is 5.56 Å². The third-order valence-corrected chi connectivity index (χ3v) is 4.88. The zero-order chi connectivity index (χ0) is 20.5. The number of hydrogen-bond acceptors (Lipinski definition) is 3. The lowest BCUT2D eigenvalue weighted by Gasteiger charge is -2.11. The molecule has 0 atom stereocenters. The van der Waals surface area contributed by atoms with Gasteiger partial charge in [0.15, 0.2) is 6.61 Å². The lowest BCUT2D eigenvalue weighted by molar-refractivity contribution is -0.118. The van der Waals surface area contributed by atoms with E-state index in [1.54, 1.807) is 30.3 Å². The van der Waals surface area contributed by atoms with Crippen LogP contribution in [0.4, 0.5) is 5.69 Å². The van der Waals surface area contributed by atoms with Gasteiger partial charge in [0.1, 0.15) is 11.5 Å². The molecule has 0 bridgehead atoms. The minimum atomic E-state index is -0.273.